The van der Waals surface area contributed by atoms with E-state index >= 15 is 0 Å². The fourth-order valence-electron chi connectivity index (χ4n) is 2.25. The van der Waals surface area contributed by atoms with Gasteiger partial charge in [0.15, 0.2) is 0 Å². The Hall–Kier alpha value is -1.07. The van der Waals surface area contributed by atoms with Gasteiger partial charge in [0.2, 0.25) is 0 Å². The molecule has 0 fully saturated rings. The molecule has 114 valence electrons. The van der Waals surface area contributed by atoms with Gasteiger partial charge in [-0.05, 0) is 37.1 Å². The highest BCUT2D eigenvalue weighted by atomic mass is 32.1. The molecular weight excluding hydrogens is 272 g/mol. The monoisotopic (exact) mass is 298 g/mol. The van der Waals surface area contributed by atoms with E-state index in [1.165, 1.54) is 4.88 Å². The average molecular weight is 298 g/mol. The molecule has 0 bridgehead atoms. The third kappa shape index (κ3) is 6.91. The van der Waals surface area contributed by atoms with Gasteiger partial charge in [0, 0.05) is 23.9 Å². The SMILES string of the molecule is CC(O)CC(C)(C)CNC(=O)NC(C)Cc1cccs1. The number of carbonyl (C=O) groups excluding carboxylic acids is 1. The molecule has 0 saturated heterocycles. The molecular formula is C15H26N2O2S. The van der Waals surface area contributed by atoms with Crippen LogP contribution in [0.15, 0.2) is 17.5 Å². The van der Waals surface area contributed by atoms with Crippen LogP contribution < -0.4 is 10.6 Å². The first-order valence-electron chi connectivity index (χ1n) is 7.03. The summed E-state index contributed by atoms with van der Waals surface area (Å²) in [6, 6.07) is 4.05. The van der Waals surface area contributed by atoms with Crippen LogP contribution in [0.1, 0.15) is 39.0 Å². The summed E-state index contributed by atoms with van der Waals surface area (Å²) >= 11 is 1.70. The summed E-state index contributed by atoms with van der Waals surface area (Å²) in [5.41, 5.74) is -0.109. The number of thiophene rings is 1. The van der Waals surface area contributed by atoms with E-state index in [1.807, 2.05) is 32.2 Å². The van der Waals surface area contributed by atoms with Crippen molar-refractivity contribution in [3.8, 4) is 0 Å². The molecule has 1 rings (SSSR count). The zero-order valence-corrected chi connectivity index (χ0v) is 13.6. The highest BCUT2D eigenvalue weighted by Gasteiger charge is 2.21. The van der Waals surface area contributed by atoms with Gasteiger partial charge in [-0.3, -0.25) is 0 Å². The molecule has 2 atom stereocenters. The predicted molar refractivity (Wildman–Crippen MR) is 84.1 cm³/mol. The van der Waals surface area contributed by atoms with Crippen molar-refractivity contribution in [3.05, 3.63) is 22.4 Å². The number of urea groups is 1. The summed E-state index contributed by atoms with van der Waals surface area (Å²) in [6.07, 6.45) is 1.16. The van der Waals surface area contributed by atoms with Gasteiger partial charge in [-0.2, -0.15) is 0 Å². The van der Waals surface area contributed by atoms with Crippen LogP contribution in [0, 0.1) is 5.41 Å². The third-order valence-electron chi connectivity index (χ3n) is 3.04. The van der Waals surface area contributed by atoms with Crippen molar-refractivity contribution >= 4 is 17.4 Å². The van der Waals surface area contributed by atoms with Gasteiger partial charge >= 0.3 is 6.03 Å². The molecule has 0 aliphatic rings. The first-order chi connectivity index (χ1) is 9.28. The minimum Gasteiger partial charge on any atom is -0.393 e. The second-order valence-electron chi connectivity index (χ2n) is 6.23. The molecule has 2 amide bonds. The zero-order chi connectivity index (χ0) is 15.2. The van der Waals surface area contributed by atoms with Crippen LogP contribution in [-0.2, 0) is 6.42 Å². The molecule has 0 saturated carbocycles. The molecule has 0 aliphatic heterocycles. The van der Waals surface area contributed by atoms with Gasteiger partial charge in [0.05, 0.1) is 6.10 Å². The summed E-state index contributed by atoms with van der Waals surface area (Å²) < 4.78 is 0. The molecule has 1 aromatic heterocycles. The molecule has 2 unspecified atom stereocenters. The molecule has 5 heteroatoms. The second-order valence-corrected chi connectivity index (χ2v) is 7.26. The van der Waals surface area contributed by atoms with E-state index < -0.39 is 0 Å². The Balaban J connectivity index is 2.29. The fraction of sp³-hybridized carbons (Fsp3) is 0.667. The Bertz CT molecular complexity index is 402. The summed E-state index contributed by atoms with van der Waals surface area (Å²) in [7, 11) is 0. The van der Waals surface area contributed by atoms with Gasteiger partial charge in [-0.15, -0.1) is 11.3 Å². The van der Waals surface area contributed by atoms with E-state index in [0.717, 1.165) is 6.42 Å². The van der Waals surface area contributed by atoms with Crippen LogP contribution in [0.4, 0.5) is 4.79 Å². The van der Waals surface area contributed by atoms with Gasteiger partial charge < -0.3 is 15.7 Å². The zero-order valence-electron chi connectivity index (χ0n) is 12.8. The highest BCUT2D eigenvalue weighted by molar-refractivity contribution is 7.09. The summed E-state index contributed by atoms with van der Waals surface area (Å²) in [5, 5.41) is 17.3. The highest BCUT2D eigenvalue weighted by Crippen LogP contribution is 2.20. The Kier molecular flexibility index (Phi) is 6.49. The lowest BCUT2D eigenvalue weighted by molar-refractivity contribution is 0.128. The molecule has 0 aliphatic carbocycles. The summed E-state index contributed by atoms with van der Waals surface area (Å²) in [5.74, 6) is 0. The van der Waals surface area contributed by atoms with Crippen molar-refractivity contribution in [1.29, 1.82) is 0 Å². The maximum Gasteiger partial charge on any atom is 0.315 e. The lowest BCUT2D eigenvalue weighted by Gasteiger charge is -2.26. The van der Waals surface area contributed by atoms with Crippen molar-refractivity contribution in [2.45, 2.75) is 52.7 Å². The number of aliphatic hydroxyl groups is 1. The number of carbonyl (C=O) groups is 1. The number of aliphatic hydroxyl groups excluding tert-OH is 1. The number of amides is 2. The smallest absolute Gasteiger partial charge is 0.315 e. The number of hydrogen-bond acceptors (Lipinski definition) is 3. The summed E-state index contributed by atoms with van der Waals surface area (Å²) in [4.78, 5) is 13.1. The van der Waals surface area contributed by atoms with E-state index in [2.05, 4.69) is 16.7 Å². The topological polar surface area (TPSA) is 61.4 Å². The Morgan fingerprint density at radius 1 is 1.45 bits per heavy atom. The molecule has 0 radical (unpaired) electrons. The van der Waals surface area contributed by atoms with Crippen LogP contribution >= 0.6 is 11.3 Å². The number of nitrogens with one attached hydrogen (secondary N) is 2. The standard InChI is InChI=1S/C15H26N2O2S/c1-11(8-13-6-5-7-20-13)17-14(19)16-10-15(3,4)9-12(2)18/h5-7,11-12,18H,8-10H2,1-4H3,(H2,16,17,19). The maximum absolute atomic E-state index is 11.8. The molecule has 20 heavy (non-hydrogen) atoms. The Labute approximate surface area is 125 Å². The summed E-state index contributed by atoms with van der Waals surface area (Å²) in [6.45, 7) is 8.39. The molecule has 0 aromatic carbocycles. The van der Waals surface area contributed by atoms with Gasteiger partial charge in [0.25, 0.3) is 0 Å². The lowest BCUT2D eigenvalue weighted by atomic mass is 9.87. The largest absolute Gasteiger partial charge is 0.393 e. The minimum atomic E-state index is -0.354. The van der Waals surface area contributed by atoms with Crippen LogP contribution in [0.2, 0.25) is 0 Å². The minimum absolute atomic E-state index is 0.105. The van der Waals surface area contributed by atoms with E-state index in [4.69, 9.17) is 0 Å². The fourth-order valence-corrected chi connectivity index (χ4v) is 3.08. The van der Waals surface area contributed by atoms with E-state index in [0.29, 0.717) is 13.0 Å². The van der Waals surface area contributed by atoms with Crippen molar-refractivity contribution in [3.63, 3.8) is 0 Å². The Morgan fingerprint density at radius 3 is 2.70 bits per heavy atom. The van der Waals surface area contributed by atoms with Gasteiger partial charge in [-0.1, -0.05) is 19.9 Å². The molecule has 4 nitrogen and oxygen atoms in total. The predicted octanol–water partition coefficient (Wildman–Crippen LogP) is 2.78. The maximum atomic E-state index is 11.8. The Morgan fingerprint density at radius 2 is 2.15 bits per heavy atom. The van der Waals surface area contributed by atoms with E-state index in [-0.39, 0.29) is 23.6 Å². The normalized spacial score (nSPS) is 14.7. The van der Waals surface area contributed by atoms with Crippen LogP contribution in [0.25, 0.3) is 0 Å². The number of rotatable bonds is 7. The molecule has 1 aromatic rings. The average Bonchev–Trinajstić information content (AvgIpc) is 2.77. The van der Waals surface area contributed by atoms with Gasteiger partial charge in [-0.25, -0.2) is 4.79 Å². The van der Waals surface area contributed by atoms with Crippen molar-refractivity contribution in [2.24, 2.45) is 5.41 Å². The second kappa shape index (κ2) is 7.64. The first-order valence-corrected chi connectivity index (χ1v) is 7.91. The van der Waals surface area contributed by atoms with Crippen LogP contribution in [-0.4, -0.2) is 29.8 Å². The molecule has 3 N–H and O–H groups in total. The van der Waals surface area contributed by atoms with Crippen LogP contribution in [0.5, 0.6) is 0 Å². The first kappa shape index (κ1) is 17.0. The van der Waals surface area contributed by atoms with Gasteiger partial charge in [0.1, 0.15) is 0 Å². The number of hydrogen-bond donors (Lipinski definition) is 3. The third-order valence-corrected chi connectivity index (χ3v) is 3.94. The van der Waals surface area contributed by atoms with Crippen molar-refractivity contribution in [2.75, 3.05) is 6.54 Å². The van der Waals surface area contributed by atoms with Crippen LogP contribution in [0.3, 0.4) is 0 Å². The molecule has 0 spiro atoms. The quantitative estimate of drug-likeness (QED) is 0.725. The van der Waals surface area contributed by atoms with E-state index in [9.17, 15) is 9.90 Å². The van der Waals surface area contributed by atoms with E-state index in [1.54, 1.807) is 18.3 Å². The van der Waals surface area contributed by atoms with Crippen molar-refractivity contribution in [1.82, 2.24) is 10.6 Å². The van der Waals surface area contributed by atoms with Crippen molar-refractivity contribution < 1.29 is 9.90 Å². The lowest BCUT2D eigenvalue weighted by Crippen LogP contribution is -2.45. The molecule has 1 heterocycles.